The number of hydrogen-bond donors (Lipinski definition) is 1. The zero-order valence-electron chi connectivity index (χ0n) is 17.2. The number of hydrogen-bond acceptors (Lipinski definition) is 4. The fourth-order valence-corrected chi connectivity index (χ4v) is 4.01. The van der Waals surface area contributed by atoms with Crippen molar-refractivity contribution in [3.8, 4) is 11.5 Å². The summed E-state index contributed by atoms with van der Waals surface area (Å²) in [5.41, 5.74) is 2.96. The highest BCUT2D eigenvalue weighted by Gasteiger charge is 2.17. The van der Waals surface area contributed by atoms with Crippen LogP contribution in [-0.2, 0) is 6.54 Å². The van der Waals surface area contributed by atoms with Gasteiger partial charge in [0, 0.05) is 12.1 Å². The summed E-state index contributed by atoms with van der Waals surface area (Å²) in [5.74, 6) is 1.44. The maximum atomic E-state index is 12.7. The second kappa shape index (κ2) is 9.31. The molecule has 0 unspecified atom stereocenters. The SMILES string of the molecule is C[C@@H](NC(=O)c1ccc(CN2CCCCCC2)cc1)c1ccc2c(c1)OCCO2. The minimum Gasteiger partial charge on any atom is -0.486 e. The van der Waals surface area contributed by atoms with Gasteiger partial charge in [-0.15, -0.1) is 0 Å². The number of likely N-dealkylation sites (tertiary alicyclic amines) is 1. The number of rotatable bonds is 5. The van der Waals surface area contributed by atoms with E-state index in [0.29, 0.717) is 18.8 Å². The third-order valence-electron chi connectivity index (χ3n) is 5.73. The Morgan fingerprint density at radius 1 is 0.966 bits per heavy atom. The van der Waals surface area contributed by atoms with Crippen LogP contribution in [0.25, 0.3) is 0 Å². The first kappa shape index (κ1) is 19.8. The van der Waals surface area contributed by atoms with Gasteiger partial charge in [0.1, 0.15) is 13.2 Å². The highest BCUT2D eigenvalue weighted by Crippen LogP contribution is 2.32. The van der Waals surface area contributed by atoms with E-state index in [1.807, 2.05) is 37.3 Å². The largest absolute Gasteiger partial charge is 0.486 e. The van der Waals surface area contributed by atoms with Crippen molar-refractivity contribution < 1.29 is 14.3 Å². The monoisotopic (exact) mass is 394 g/mol. The van der Waals surface area contributed by atoms with Gasteiger partial charge in [0.25, 0.3) is 5.91 Å². The highest BCUT2D eigenvalue weighted by molar-refractivity contribution is 5.94. The predicted molar refractivity (Wildman–Crippen MR) is 114 cm³/mol. The van der Waals surface area contributed by atoms with E-state index in [1.54, 1.807) is 0 Å². The lowest BCUT2D eigenvalue weighted by atomic mass is 10.1. The average molecular weight is 395 g/mol. The van der Waals surface area contributed by atoms with Crippen molar-refractivity contribution in [1.82, 2.24) is 10.2 Å². The summed E-state index contributed by atoms with van der Waals surface area (Å²) in [6.07, 6.45) is 5.27. The van der Waals surface area contributed by atoms with Gasteiger partial charge in [-0.2, -0.15) is 0 Å². The Balaban J connectivity index is 1.35. The van der Waals surface area contributed by atoms with Crippen molar-refractivity contribution >= 4 is 5.91 Å². The highest BCUT2D eigenvalue weighted by atomic mass is 16.6. The second-order valence-electron chi connectivity index (χ2n) is 7.99. The maximum Gasteiger partial charge on any atom is 0.251 e. The van der Waals surface area contributed by atoms with Crippen molar-refractivity contribution in [3.63, 3.8) is 0 Å². The molecule has 0 aliphatic carbocycles. The molecule has 0 radical (unpaired) electrons. The van der Waals surface area contributed by atoms with Crippen LogP contribution in [-0.4, -0.2) is 37.1 Å². The van der Waals surface area contributed by atoms with E-state index in [0.717, 1.165) is 23.6 Å². The molecule has 2 aromatic rings. The van der Waals surface area contributed by atoms with Gasteiger partial charge in [0.05, 0.1) is 6.04 Å². The molecule has 2 aliphatic rings. The Morgan fingerprint density at radius 2 is 1.66 bits per heavy atom. The molecule has 0 spiro atoms. The summed E-state index contributed by atoms with van der Waals surface area (Å²) >= 11 is 0. The molecule has 154 valence electrons. The van der Waals surface area contributed by atoms with Crippen molar-refractivity contribution in [2.24, 2.45) is 0 Å². The summed E-state index contributed by atoms with van der Waals surface area (Å²) in [6, 6.07) is 13.7. The van der Waals surface area contributed by atoms with E-state index in [4.69, 9.17) is 9.47 Å². The van der Waals surface area contributed by atoms with E-state index >= 15 is 0 Å². The number of benzene rings is 2. The molecule has 0 aromatic heterocycles. The Labute approximate surface area is 173 Å². The lowest BCUT2D eigenvalue weighted by Gasteiger charge is -2.21. The van der Waals surface area contributed by atoms with Crippen LogP contribution in [0.15, 0.2) is 42.5 Å². The zero-order valence-corrected chi connectivity index (χ0v) is 17.2. The third-order valence-corrected chi connectivity index (χ3v) is 5.73. The number of nitrogens with one attached hydrogen (secondary N) is 1. The molecule has 0 saturated carbocycles. The Morgan fingerprint density at radius 3 is 2.38 bits per heavy atom. The first-order valence-electron chi connectivity index (χ1n) is 10.7. The molecule has 2 aromatic carbocycles. The van der Waals surface area contributed by atoms with Crippen molar-refractivity contribution in [2.45, 2.75) is 45.2 Å². The fraction of sp³-hybridized carbons (Fsp3) is 0.458. The molecule has 2 heterocycles. The number of carbonyl (C=O) groups is 1. The average Bonchev–Trinajstić information content (AvgIpc) is 3.02. The molecule has 4 rings (SSSR count). The van der Waals surface area contributed by atoms with Gasteiger partial charge in [-0.1, -0.05) is 31.0 Å². The van der Waals surface area contributed by atoms with Crippen LogP contribution in [0.1, 0.15) is 60.1 Å². The number of ether oxygens (including phenoxy) is 2. The van der Waals surface area contributed by atoms with E-state index in [-0.39, 0.29) is 11.9 Å². The predicted octanol–water partition coefficient (Wildman–Crippen LogP) is 4.32. The molecule has 1 atom stereocenters. The third kappa shape index (κ3) is 5.10. The van der Waals surface area contributed by atoms with Crippen molar-refractivity contribution in [1.29, 1.82) is 0 Å². The Kier molecular flexibility index (Phi) is 6.35. The van der Waals surface area contributed by atoms with Gasteiger partial charge < -0.3 is 14.8 Å². The summed E-state index contributed by atoms with van der Waals surface area (Å²) in [6.45, 7) is 6.43. The molecule has 1 saturated heterocycles. The molecule has 0 bridgehead atoms. The molecule has 1 N–H and O–H groups in total. The molecule has 1 amide bonds. The summed E-state index contributed by atoms with van der Waals surface area (Å²) in [4.78, 5) is 15.2. The van der Waals surface area contributed by atoms with Crippen LogP contribution in [0.3, 0.4) is 0 Å². The fourth-order valence-electron chi connectivity index (χ4n) is 4.01. The zero-order chi connectivity index (χ0) is 20.1. The van der Waals surface area contributed by atoms with Crippen LogP contribution < -0.4 is 14.8 Å². The minimum atomic E-state index is -0.116. The number of carbonyl (C=O) groups excluding carboxylic acids is 1. The van der Waals surface area contributed by atoms with Crippen LogP contribution >= 0.6 is 0 Å². The van der Waals surface area contributed by atoms with Crippen molar-refractivity contribution in [3.05, 3.63) is 59.2 Å². The lowest BCUT2D eigenvalue weighted by Crippen LogP contribution is -2.27. The summed E-state index contributed by atoms with van der Waals surface area (Å²) in [5, 5.41) is 3.08. The molecular formula is C24H30N2O3. The van der Waals surface area contributed by atoms with E-state index in [2.05, 4.69) is 22.3 Å². The van der Waals surface area contributed by atoms with Gasteiger partial charge in [0.15, 0.2) is 11.5 Å². The summed E-state index contributed by atoms with van der Waals surface area (Å²) in [7, 11) is 0. The van der Waals surface area contributed by atoms with Crippen LogP contribution in [0.2, 0.25) is 0 Å². The van der Waals surface area contributed by atoms with Crippen LogP contribution in [0.5, 0.6) is 11.5 Å². The van der Waals surface area contributed by atoms with Gasteiger partial charge in [-0.3, -0.25) is 9.69 Å². The van der Waals surface area contributed by atoms with Crippen molar-refractivity contribution in [2.75, 3.05) is 26.3 Å². The van der Waals surface area contributed by atoms with Crippen LogP contribution in [0.4, 0.5) is 0 Å². The molecule has 5 heteroatoms. The van der Waals surface area contributed by atoms with E-state index < -0.39 is 0 Å². The molecule has 2 aliphatic heterocycles. The number of amides is 1. The lowest BCUT2D eigenvalue weighted by molar-refractivity contribution is 0.0939. The molecule has 5 nitrogen and oxygen atoms in total. The normalized spacial score (nSPS) is 18.0. The van der Waals surface area contributed by atoms with Gasteiger partial charge >= 0.3 is 0 Å². The number of nitrogens with zero attached hydrogens (tertiary/aromatic N) is 1. The van der Waals surface area contributed by atoms with Crippen LogP contribution in [0, 0.1) is 0 Å². The Bertz CT molecular complexity index is 827. The molecular weight excluding hydrogens is 364 g/mol. The van der Waals surface area contributed by atoms with E-state index in [9.17, 15) is 4.79 Å². The molecule has 1 fully saturated rings. The molecule has 29 heavy (non-hydrogen) atoms. The summed E-state index contributed by atoms with van der Waals surface area (Å²) < 4.78 is 11.2. The minimum absolute atomic E-state index is 0.0614. The Hall–Kier alpha value is -2.53. The standard InChI is InChI=1S/C24H30N2O3/c1-18(21-10-11-22-23(16-21)29-15-14-28-22)25-24(27)20-8-6-19(7-9-20)17-26-12-4-2-3-5-13-26/h6-11,16,18H,2-5,12-15,17H2,1H3,(H,25,27)/t18-/m1/s1. The smallest absolute Gasteiger partial charge is 0.251 e. The quantitative estimate of drug-likeness (QED) is 0.820. The topological polar surface area (TPSA) is 50.8 Å². The van der Waals surface area contributed by atoms with E-state index in [1.165, 1.54) is 44.3 Å². The number of fused-ring (bicyclic) bond motifs is 1. The first-order chi connectivity index (χ1) is 14.2. The maximum absolute atomic E-state index is 12.7. The first-order valence-corrected chi connectivity index (χ1v) is 10.7. The van der Waals surface area contributed by atoms with Gasteiger partial charge in [-0.05, 0) is 68.2 Å². The van der Waals surface area contributed by atoms with Gasteiger partial charge in [-0.25, -0.2) is 0 Å². The second-order valence-corrected chi connectivity index (χ2v) is 7.99. The van der Waals surface area contributed by atoms with Gasteiger partial charge in [0.2, 0.25) is 0 Å².